The Hall–Kier alpha value is -4.31. The minimum Gasteiger partial charge on any atom is -0.494 e. The molecule has 33 heavy (non-hydrogen) atoms. The topological polar surface area (TPSA) is 85.4 Å². The fourth-order valence-electron chi connectivity index (χ4n) is 3.99. The standard InChI is InChI=1S/C26H20N4O3/c1-15-21(25-28-23-19(32-2)9-6-10-20(23)33-25)26(31)30-24(27-15)22(17-7-4-3-5-8-17)18(29-30)14-13-16-11-12-16/h3-10,16,29H,11-12H2,1-2H3. The van der Waals surface area contributed by atoms with Gasteiger partial charge in [0.2, 0.25) is 5.89 Å². The lowest BCUT2D eigenvalue weighted by Crippen LogP contribution is -2.19. The molecule has 1 aliphatic carbocycles. The molecule has 1 fully saturated rings. The summed E-state index contributed by atoms with van der Waals surface area (Å²) in [4.78, 5) is 23.0. The Balaban J connectivity index is 1.61. The molecule has 7 heteroatoms. The van der Waals surface area contributed by atoms with E-state index in [0.29, 0.717) is 45.4 Å². The number of para-hydroxylation sites is 1. The number of aromatic nitrogens is 4. The molecular weight excluding hydrogens is 416 g/mol. The monoisotopic (exact) mass is 436 g/mol. The molecular formula is C26H20N4O3. The van der Waals surface area contributed by atoms with Gasteiger partial charge in [0, 0.05) is 5.92 Å². The zero-order chi connectivity index (χ0) is 22.5. The summed E-state index contributed by atoms with van der Waals surface area (Å²) in [5.41, 5.74) is 4.61. The second kappa shape index (κ2) is 7.38. The lowest BCUT2D eigenvalue weighted by molar-refractivity contribution is 0.419. The van der Waals surface area contributed by atoms with E-state index in [2.05, 4.69) is 21.9 Å². The summed E-state index contributed by atoms with van der Waals surface area (Å²) < 4.78 is 12.8. The molecule has 0 amide bonds. The van der Waals surface area contributed by atoms with Gasteiger partial charge in [-0.25, -0.2) is 9.97 Å². The molecule has 1 N–H and O–H groups in total. The first kappa shape index (κ1) is 19.4. The second-order valence-corrected chi connectivity index (χ2v) is 8.13. The van der Waals surface area contributed by atoms with Gasteiger partial charge in [-0.2, -0.15) is 4.52 Å². The van der Waals surface area contributed by atoms with E-state index in [0.717, 1.165) is 24.0 Å². The third-order valence-electron chi connectivity index (χ3n) is 5.82. The van der Waals surface area contributed by atoms with Gasteiger partial charge in [0.05, 0.1) is 18.4 Å². The van der Waals surface area contributed by atoms with Crippen LogP contribution in [0.5, 0.6) is 5.75 Å². The molecule has 1 saturated carbocycles. The Morgan fingerprint density at radius 1 is 1.09 bits per heavy atom. The maximum atomic E-state index is 13.6. The van der Waals surface area contributed by atoms with Crippen molar-refractivity contribution in [3.05, 3.63) is 70.3 Å². The van der Waals surface area contributed by atoms with Crippen LogP contribution >= 0.6 is 0 Å². The quantitative estimate of drug-likeness (QED) is 0.419. The lowest BCUT2D eigenvalue weighted by atomic mass is 10.1. The molecule has 0 spiro atoms. The minimum atomic E-state index is -0.292. The van der Waals surface area contributed by atoms with Crippen molar-refractivity contribution >= 4 is 16.7 Å². The van der Waals surface area contributed by atoms with E-state index < -0.39 is 0 Å². The maximum Gasteiger partial charge on any atom is 0.285 e. The zero-order valence-electron chi connectivity index (χ0n) is 18.2. The van der Waals surface area contributed by atoms with E-state index in [4.69, 9.17) is 14.1 Å². The van der Waals surface area contributed by atoms with E-state index >= 15 is 0 Å². The highest BCUT2D eigenvalue weighted by atomic mass is 16.5. The summed E-state index contributed by atoms with van der Waals surface area (Å²) in [6, 6.07) is 15.3. The zero-order valence-corrected chi connectivity index (χ0v) is 18.2. The van der Waals surface area contributed by atoms with Gasteiger partial charge >= 0.3 is 0 Å². The van der Waals surface area contributed by atoms with Gasteiger partial charge in [-0.05, 0) is 43.4 Å². The summed E-state index contributed by atoms with van der Waals surface area (Å²) in [5, 5.41) is 3.18. The van der Waals surface area contributed by atoms with Crippen LogP contribution in [-0.4, -0.2) is 26.7 Å². The maximum absolute atomic E-state index is 13.6. The van der Waals surface area contributed by atoms with Crippen LogP contribution in [0.25, 0.3) is 39.3 Å². The van der Waals surface area contributed by atoms with Crippen LogP contribution in [0, 0.1) is 24.7 Å². The number of ether oxygens (including phenoxy) is 1. The third-order valence-corrected chi connectivity index (χ3v) is 5.82. The highest BCUT2D eigenvalue weighted by Crippen LogP contribution is 2.32. The number of fused-ring (bicyclic) bond motifs is 2. The van der Waals surface area contributed by atoms with Gasteiger partial charge in [0.15, 0.2) is 16.7 Å². The van der Waals surface area contributed by atoms with E-state index in [-0.39, 0.29) is 11.4 Å². The average molecular weight is 436 g/mol. The molecule has 6 rings (SSSR count). The van der Waals surface area contributed by atoms with Gasteiger partial charge in [-0.3, -0.25) is 9.89 Å². The van der Waals surface area contributed by atoms with Crippen molar-refractivity contribution in [1.29, 1.82) is 0 Å². The van der Waals surface area contributed by atoms with Crippen LogP contribution in [0.3, 0.4) is 0 Å². The highest BCUT2D eigenvalue weighted by molar-refractivity contribution is 5.84. The molecule has 1 aliphatic rings. The van der Waals surface area contributed by atoms with Crippen LogP contribution in [0.15, 0.2) is 57.7 Å². The first-order valence-electron chi connectivity index (χ1n) is 10.8. The van der Waals surface area contributed by atoms with E-state index in [1.165, 1.54) is 4.52 Å². The van der Waals surface area contributed by atoms with Crippen molar-refractivity contribution in [1.82, 2.24) is 19.6 Å². The van der Waals surface area contributed by atoms with E-state index in [1.807, 2.05) is 36.4 Å². The normalized spacial score (nSPS) is 13.3. The summed E-state index contributed by atoms with van der Waals surface area (Å²) in [5.74, 6) is 7.75. The van der Waals surface area contributed by atoms with Gasteiger partial charge in [0.25, 0.3) is 5.56 Å². The molecule has 3 aromatic heterocycles. The van der Waals surface area contributed by atoms with Crippen molar-refractivity contribution < 1.29 is 9.15 Å². The van der Waals surface area contributed by atoms with Crippen molar-refractivity contribution in [3.8, 4) is 40.2 Å². The summed E-state index contributed by atoms with van der Waals surface area (Å²) in [7, 11) is 1.57. The SMILES string of the molecule is COc1cccc2oc(-c3c(C)nc4c(-c5ccccc5)c(C#CC5CC5)[nH]n4c3=O)nc12. The number of methoxy groups -OCH3 is 1. The number of oxazole rings is 1. The Morgan fingerprint density at radius 3 is 2.67 bits per heavy atom. The first-order valence-corrected chi connectivity index (χ1v) is 10.8. The minimum absolute atomic E-state index is 0.209. The Labute approximate surface area is 189 Å². The van der Waals surface area contributed by atoms with Gasteiger partial charge in [0.1, 0.15) is 17.0 Å². The van der Waals surface area contributed by atoms with E-state index in [9.17, 15) is 4.79 Å². The molecule has 5 aromatic rings. The van der Waals surface area contributed by atoms with E-state index in [1.54, 1.807) is 26.2 Å². The number of benzene rings is 2. The van der Waals surface area contributed by atoms with Crippen LogP contribution in [-0.2, 0) is 0 Å². The molecule has 0 unspecified atom stereocenters. The second-order valence-electron chi connectivity index (χ2n) is 8.13. The summed E-state index contributed by atoms with van der Waals surface area (Å²) in [6.45, 7) is 1.79. The fourth-order valence-corrected chi connectivity index (χ4v) is 3.99. The van der Waals surface area contributed by atoms with Crippen molar-refractivity contribution in [3.63, 3.8) is 0 Å². The van der Waals surface area contributed by atoms with Crippen LogP contribution < -0.4 is 10.3 Å². The molecule has 3 heterocycles. The van der Waals surface area contributed by atoms with Crippen molar-refractivity contribution in [2.45, 2.75) is 19.8 Å². The molecule has 162 valence electrons. The highest BCUT2D eigenvalue weighted by Gasteiger charge is 2.24. The molecule has 0 radical (unpaired) electrons. The number of H-pyrrole nitrogens is 1. The molecule has 2 aromatic carbocycles. The average Bonchev–Trinajstić information content (AvgIpc) is 3.44. The number of aryl methyl sites for hydroxylation is 1. The van der Waals surface area contributed by atoms with Gasteiger partial charge in [-0.15, -0.1) is 0 Å². The lowest BCUT2D eigenvalue weighted by Gasteiger charge is -2.03. The Kier molecular flexibility index (Phi) is 4.34. The Bertz CT molecular complexity index is 1640. The Morgan fingerprint density at radius 2 is 1.91 bits per heavy atom. The number of hydrogen-bond donors (Lipinski definition) is 1. The van der Waals surface area contributed by atoms with Crippen molar-refractivity contribution in [2.24, 2.45) is 5.92 Å². The van der Waals surface area contributed by atoms with Crippen LogP contribution in [0.2, 0.25) is 0 Å². The third kappa shape index (κ3) is 3.19. The largest absolute Gasteiger partial charge is 0.494 e. The molecule has 0 atom stereocenters. The fraction of sp³-hybridized carbons (Fsp3) is 0.192. The number of hydrogen-bond acceptors (Lipinski definition) is 5. The summed E-state index contributed by atoms with van der Waals surface area (Å²) in [6.07, 6.45) is 2.24. The molecule has 7 nitrogen and oxygen atoms in total. The van der Waals surface area contributed by atoms with Gasteiger partial charge < -0.3 is 9.15 Å². The number of aromatic amines is 1. The first-order chi connectivity index (χ1) is 16.1. The number of nitrogens with zero attached hydrogens (tertiary/aromatic N) is 3. The van der Waals surface area contributed by atoms with Crippen LogP contribution in [0.1, 0.15) is 24.2 Å². The molecule has 0 bridgehead atoms. The van der Waals surface area contributed by atoms with Gasteiger partial charge in [-0.1, -0.05) is 42.3 Å². The molecule has 0 aliphatic heterocycles. The predicted molar refractivity (Wildman–Crippen MR) is 125 cm³/mol. The number of rotatable bonds is 3. The van der Waals surface area contributed by atoms with Crippen LogP contribution in [0.4, 0.5) is 0 Å². The molecule has 0 saturated heterocycles. The smallest absolute Gasteiger partial charge is 0.285 e. The predicted octanol–water partition coefficient (Wildman–Crippen LogP) is 4.58. The number of nitrogens with one attached hydrogen (secondary N) is 1. The van der Waals surface area contributed by atoms with Crippen molar-refractivity contribution in [2.75, 3.05) is 7.11 Å². The summed E-state index contributed by atoms with van der Waals surface area (Å²) >= 11 is 0.